The first kappa shape index (κ1) is 10.5. The van der Waals surface area contributed by atoms with E-state index >= 15 is 0 Å². The van der Waals surface area contributed by atoms with Crippen LogP contribution in [0.25, 0.3) is 0 Å². The third-order valence-electron chi connectivity index (χ3n) is 2.44. The van der Waals surface area contributed by atoms with Crippen LogP contribution in [0, 0.1) is 5.92 Å². The maximum Gasteiger partial charge on any atom is 0.323 e. The Bertz CT molecular complexity index is 178. The Kier molecular flexibility index (Phi) is 3.69. The van der Waals surface area contributed by atoms with Gasteiger partial charge in [0.15, 0.2) is 0 Å². The molecule has 13 heavy (non-hydrogen) atoms. The predicted molar refractivity (Wildman–Crippen MR) is 48.6 cm³/mol. The van der Waals surface area contributed by atoms with Crippen molar-refractivity contribution in [2.75, 3.05) is 13.7 Å². The monoisotopic (exact) mass is 187 g/mol. The highest BCUT2D eigenvalue weighted by Gasteiger charge is 2.29. The normalized spacial score (nSPS) is 29.4. The molecule has 0 bridgehead atoms. The molecule has 0 aromatic rings. The van der Waals surface area contributed by atoms with Crippen LogP contribution >= 0.6 is 0 Å². The maximum atomic E-state index is 10.7. The van der Waals surface area contributed by atoms with E-state index in [4.69, 9.17) is 9.84 Å². The first-order chi connectivity index (χ1) is 6.13. The second-order valence-corrected chi connectivity index (χ2v) is 3.79. The van der Waals surface area contributed by atoms with Crippen molar-refractivity contribution in [3.05, 3.63) is 0 Å². The molecule has 2 N–H and O–H groups in total. The molecule has 0 amide bonds. The van der Waals surface area contributed by atoms with Gasteiger partial charge in [-0.15, -0.1) is 0 Å². The number of carboxylic acids is 1. The SMILES string of the molecule is COCC(NC1CC(C)C1)C(=O)O. The molecular weight excluding hydrogens is 170 g/mol. The van der Waals surface area contributed by atoms with Crippen molar-refractivity contribution in [3.63, 3.8) is 0 Å². The van der Waals surface area contributed by atoms with Gasteiger partial charge in [0.2, 0.25) is 0 Å². The summed E-state index contributed by atoms with van der Waals surface area (Å²) in [4.78, 5) is 10.7. The zero-order chi connectivity index (χ0) is 9.84. The third kappa shape index (κ3) is 2.97. The molecular formula is C9H17NO3. The van der Waals surface area contributed by atoms with Crippen molar-refractivity contribution in [1.82, 2.24) is 5.32 Å². The average Bonchev–Trinajstić information content (AvgIpc) is 2.00. The van der Waals surface area contributed by atoms with E-state index < -0.39 is 12.0 Å². The molecule has 1 aliphatic carbocycles. The zero-order valence-electron chi connectivity index (χ0n) is 8.12. The Hall–Kier alpha value is -0.610. The lowest BCUT2D eigenvalue weighted by Gasteiger charge is -2.35. The van der Waals surface area contributed by atoms with E-state index in [-0.39, 0.29) is 6.61 Å². The van der Waals surface area contributed by atoms with E-state index in [1.54, 1.807) is 0 Å². The number of aliphatic carboxylic acids is 1. The Morgan fingerprint density at radius 3 is 2.69 bits per heavy atom. The summed E-state index contributed by atoms with van der Waals surface area (Å²) in [6.07, 6.45) is 2.15. The van der Waals surface area contributed by atoms with Crippen LogP contribution in [-0.2, 0) is 9.53 Å². The summed E-state index contributed by atoms with van der Waals surface area (Å²) in [5.74, 6) is -0.101. The highest BCUT2D eigenvalue weighted by molar-refractivity contribution is 5.73. The Labute approximate surface area is 78.3 Å². The Morgan fingerprint density at radius 1 is 1.69 bits per heavy atom. The lowest BCUT2D eigenvalue weighted by atomic mass is 9.81. The van der Waals surface area contributed by atoms with Gasteiger partial charge in [0.05, 0.1) is 6.61 Å². The molecule has 0 aromatic heterocycles. The molecule has 1 atom stereocenters. The Morgan fingerprint density at radius 2 is 2.31 bits per heavy atom. The molecule has 0 aromatic carbocycles. The van der Waals surface area contributed by atoms with E-state index in [0.717, 1.165) is 18.8 Å². The smallest absolute Gasteiger partial charge is 0.323 e. The Balaban J connectivity index is 2.26. The van der Waals surface area contributed by atoms with Gasteiger partial charge in [-0.25, -0.2) is 0 Å². The highest BCUT2D eigenvalue weighted by Crippen LogP contribution is 2.26. The van der Waals surface area contributed by atoms with Crippen molar-refractivity contribution in [2.45, 2.75) is 31.8 Å². The topological polar surface area (TPSA) is 58.6 Å². The molecule has 0 saturated heterocycles. The quantitative estimate of drug-likeness (QED) is 0.657. The van der Waals surface area contributed by atoms with Crippen LogP contribution < -0.4 is 5.32 Å². The van der Waals surface area contributed by atoms with E-state index in [1.165, 1.54) is 7.11 Å². The van der Waals surface area contributed by atoms with Gasteiger partial charge in [0, 0.05) is 13.2 Å². The van der Waals surface area contributed by atoms with Crippen molar-refractivity contribution < 1.29 is 14.6 Å². The fourth-order valence-corrected chi connectivity index (χ4v) is 1.68. The van der Waals surface area contributed by atoms with Gasteiger partial charge in [0.1, 0.15) is 6.04 Å². The minimum absolute atomic E-state index is 0.236. The molecule has 1 fully saturated rings. The molecule has 1 saturated carbocycles. The van der Waals surface area contributed by atoms with Crippen molar-refractivity contribution in [3.8, 4) is 0 Å². The molecule has 0 spiro atoms. The minimum atomic E-state index is -0.832. The van der Waals surface area contributed by atoms with Crippen molar-refractivity contribution >= 4 is 5.97 Å². The second kappa shape index (κ2) is 4.58. The fraction of sp³-hybridized carbons (Fsp3) is 0.889. The van der Waals surface area contributed by atoms with Gasteiger partial charge in [-0.05, 0) is 18.8 Å². The van der Waals surface area contributed by atoms with Gasteiger partial charge >= 0.3 is 5.97 Å². The summed E-state index contributed by atoms with van der Waals surface area (Å²) in [6, 6.07) is -0.186. The van der Waals surface area contributed by atoms with E-state index in [2.05, 4.69) is 12.2 Å². The summed E-state index contributed by atoms with van der Waals surface area (Å²) in [5.41, 5.74) is 0. The van der Waals surface area contributed by atoms with Crippen molar-refractivity contribution in [1.29, 1.82) is 0 Å². The van der Waals surface area contributed by atoms with E-state index in [1.807, 2.05) is 0 Å². The first-order valence-electron chi connectivity index (χ1n) is 4.61. The number of nitrogens with one attached hydrogen (secondary N) is 1. The third-order valence-corrected chi connectivity index (χ3v) is 2.44. The van der Waals surface area contributed by atoms with Crippen LogP contribution in [0.3, 0.4) is 0 Å². The van der Waals surface area contributed by atoms with Gasteiger partial charge in [-0.2, -0.15) is 0 Å². The predicted octanol–water partition coefficient (Wildman–Crippen LogP) is 0.474. The van der Waals surface area contributed by atoms with Gasteiger partial charge in [0.25, 0.3) is 0 Å². The molecule has 1 aliphatic rings. The maximum absolute atomic E-state index is 10.7. The molecule has 0 radical (unpaired) electrons. The number of rotatable bonds is 5. The van der Waals surface area contributed by atoms with Crippen LogP contribution in [0.5, 0.6) is 0 Å². The molecule has 1 rings (SSSR count). The molecule has 1 unspecified atom stereocenters. The first-order valence-corrected chi connectivity index (χ1v) is 4.61. The number of hydrogen-bond donors (Lipinski definition) is 2. The number of carboxylic acid groups (broad SMARTS) is 1. The van der Waals surface area contributed by atoms with Gasteiger partial charge < -0.3 is 9.84 Å². The molecule has 76 valence electrons. The second-order valence-electron chi connectivity index (χ2n) is 3.79. The summed E-state index contributed by atoms with van der Waals surface area (Å²) in [5, 5.41) is 11.9. The van der Waals surface area contributed by atoms with Crippen LogP contribution in [0.1, 0.15) is 19.8 Å². The summed E-state index contributed by atoms with van der Waals surface area (Å²) < 4.78 is 4.82. The van der Waals surface area contributed by atoms with Gasteiger partial charge in [-0.1, -0.05) is 6.92 Å². The van der Waals surface area contributed by atoms with E-state index in [9.17, 15) is 4.79 Å². The van der Waals surface area contributed by atoms with E-state index in [0.29, 0.717) is 6.04 Å². The van der Waals surface area contributed by atoms with Crippen LogP contribution in [0.15, 0.2) is 0 Å². The number of carbonyl (C=O) groups is 1. The molecule has 4 heteroatoms. The number of hydrogen-bond acceptors (Lipinski definition) is 3. The minimum Gasteiger partial charge on any atom is -0.480 e. The molecule has 0 heterocycles. The lowest BCUT2D eigenvalue weighted by molar-refractivity contribution is -0.141. The van der Waals surface area contributed by atoms with Crippen LogP contribution in [0.4, 0.5) is 0 Å². The largest absolute Gasteiger partial charge is 0.480 e. The van der Waals surface area contributed by atoms with Crippen LogP contribution in [0.2, 0.25) is 0 Å². The molecule has 4 nitrogen and oxygen atoms in total. The lowest BCUT2D eigenvalue weighted by Crippen LogP contribution is -2.50. The molecule has 0 aliphatic heterocycles. The number of ether oxygens (including phenoxy) is 1. The summed E-state index contributed by atoms with van der Waals surface area (Å²) >= 11 is 0. The van der Waals surface area contributed by atoms with Crippen molar-refractivity contribution in [2.24, 2.45) is 5.92 Å². The average molecular weight is 187 g/mol. The fourth-order valence-electron chi connectivity index (χ4n) is 1.68. The standard InChI is InChI=1S/C9H17NO3/c1-6-3-7(4-6)10-8(5-13-2)9(11)12/h6-8,10H,3-5H2,1-2H3,(H,11,12). The zero-order valence-corrected chi connectivity index (χ0v) is 8.12. The highest BCUT2D eigenvalue weighted by atomic mass is 16.5. The summed E-state index contributed by atoms with van der Waals surface area (Å²) in [7, 11) is 1.51. The van der Waals surface area contributed by atoms with Gasteiger partial charge in [-0.3, -0.25) is 10.1 Å². The summed E-state index contributed by atoms with van der Waals surface area (Å²) in [6.45, 7) is 2.41. The van der Waals surface area contributed by atoms with Crippen LogP contribution in [-0.4, -0.2) is 36.9 Å². The number of methoxy groups -OCH3 is 1.